The molecular weight excluding hydrogens is 244 g/mol. The number of anilines is 2. The molecule has 0 unspecified atom stereocenters. The number of hydrogen-bond donors (Lipinski definition) is 2. The van der Waals surface area contributed by atoms with Gasteiger partial charge in [-0.25, -0.2) is 9.97 Å². The number of aromatic nitrogens is 4. The second kappa shape index (κ2) is 4.83. The molecule has 2 aromatic rings. The molecule has 0 radical (unpaired) electrons. The average molecular weight is 262 g/mol. The molecule has 2 aromatic heterocycles. The van der Waals surface area contributed by atoms with Crippen molar-refractivity contribution in [2.45, 2.75) is 39.7 Å². The lowest BCUT2D eigenvalue weighted by Crippen LogP contribution is -2.18. The lowest BCUT2D eigenvalue weighted by atomic mass is 9.96. The van der Waals surface area contributed by atoms with Crippen molar-refractivity contribution >= 4 is 11.6 Å². The summed E-state index contributed by atoms with van der Waals surface area (Å²) in [5.74, 6) is 2.88. The fourth-order valence-electron chi connectivity index (χ4n) is 1.47. The van der Waals surface area contributed by atoms with Crippen LogP contribution in [-0.2, 0) is 12.0 Å². The van der Waals surface area contributed by atoms with Crippen LogP contribution in [0.3, 0.4) is 0 Å². The van der Waals surface area contributed by atoms with E-state index >= 15 is 0 Å². The summed E-state index contributed by atoms with van der Waals surface area (Å²) < 4.78 is 5.02. The first-order valence-electron chi connectivity index (χ1n) is 6.03. The first-order chi connectivity index (χ1) is 8.84. The van der Waals surface area contributed by atoms with E-state index in [1.54, 1.807) is 13.0 Å². The van der Waals surface area contributed by atoms with Crippen molar-refractivity contribution in [3.8, 4) is 0 Å². The number of nitrogens with two attached hydrogens (primary N) is 1. The SMILES string of the molecule is Cc1noc(CNc2cc(N)nc(C(C)(C)C)n2)n1. The predicted octanol–water partition coefficient (Wildman–Crippen LogP) is 1.66. The molecule has 0 spiro atoms. The number of nitrogen functional groups attached to an aromatic ring is 1. The van der Waals surface area contributed by atoms with Crippen LogP contribution in [0.4, 0.5) is 11.6 Å². The highest BCUT2D eigenvalue weighted by Gasteiger charge is 2.18. The largest absolute Gasteiger partial charge is 0.384 e. The van der Waals surface area contributed by atoms with Crippen LogP contribution in [0.15, 0.2) is 10.6 Å². The third-order valence-corrected chi connectivity index (χ3v) is 2.41. The Morgan fingerprint density at radius 3 is 2.58 bits per heavy atom. The van der Waals surface area contributed by atoms with Crippen molar-refractivity contribution in [1.82, 2.24) is 20.1 Å². The van der Waals surface area contributed by atoms with E-state index in [2.05, 4.69) is 25.4 Å². The van der Waals surface area contributed by atoms with Crippen molar-refractivity contribution in [2.24, 2.45) is 0 Å². The second-order valence-electron chi connectivity index (χ2n) is 5.34. The molecule has 0 atom stereocenters. The van der Waals surface area contributed by atoms with Gasteiger partial charge in [-0.2, -0.15) is 4.98 Å². The minimum Gasteiger partial charge on any atom is -0.384 e. The van der Waals surface area contributed by atoms with Gasteiger partial charge in [0.05, 0.1) is 6.54 Å². The lowest BCUT2D eigenvalue weighted by Gasteiger charge is -2.17. The first-order valence-corrected chi connectivity index (χ1v) is 6.03. The predicted molar refractivity (Wildman–Crippen MR) is 71.5 cm³/mol. The number of rotatable bonds is 3. The number of hydrogen-bond acceptors (Lipinski definition) is 7. The third-order valence-electron chi connectivity index (χ3n) is 2.41. The van der Waals surface area contributed by atoms with Gasteiger partial charge in [0.15, 0.2) is 5.82 Å². The Bertz CT molecular complexity index is 572. The maximum atomic E-state index is 5.79. The zero-order chi connectivity index (χ0) is 14.0. The van der Waals surface area contributed by atoms with Gasteiger partial charge in [-0.1, -0.05) is 25.9 Å². The summed E-state index contributed by atoms with van der Waals surface area (Å²) in [5.41, 5.74) is 5.63. The summed E-state index contributed by atoms with van der Waals surface area (Å²) >= 11 is 0. The maximum absolute atomic E-state index is 5.79. The molecule has 0 aliphatic heterocycles. The molecule has 0 aliphatic rings. The summed E-state index contributed by atoms with van der Waals surface area (Å²) in [7, 11) is 0. The molecule has 3 N–H and O–H groups in total. The van der Waals surface area contributed by atoms with Crippen LogP contribution in [0.1, 0.15) is 38.3 Å². The van der Waals surface area contributed by atoms with E-state index in [0.717, 1.165) is 0 Å². The van der Waals surface area contributed by atoms with Crippen LogP contribution < -0.4 is 11.1 Å². The first kappa shape index (κ1) is 13.3. The highest BCUT2D eigenvalue weighted by molar-refractivity contribution is 5.45. The van der Waals surface area contributed by atoms with Gasteiger partial charge in [-0.05, 0) is 6.92 Å². The smallest absolute Gasteiger partial charge is 0.245 e. The summed E-state index contributed by atoms with van der Waals surface area (Å²) in [6, 6.07) is 1.68. The van der Waals surface area contributed by atoms with Crippen LogP contribution >= 0.6 is 0 Å². The molecule has 7 heteroatoms. The van der Waals surface area contributed by atoms with Crippen molar-refractivity contribution in [1.29, 1.82) is 0 Å². The van der Waals surface area contributed by atoms with E-state index in [-0.39, 0.29) is 5.41 Å². The van der Waals surface area contributed by atoms with Gasteiger partial charge in [0.2, 0.25) is 5.89 Å². The average Bonchev–Trinajstić information content (AvgIpc) is 2.71. The molecule has 0 bridgehead atoms. The van der Waals surface area contributed by atoms with E-state index in [1.807, 2.05) is 20.8 Å². The van der Waals surface area contributed by atoms with Crippen molar-refractivity contribution in [3.63, 3.8) is 0 Å². The van der Waals surface area contributed by atoms with Crippen LogP contribution in [0, 0.1) is 6.92 Å². The van der Waals surface area contributed by atoms with Gasteiger partial charge in [0, 0.05) is 11.5 Å². The Kier molecular flexibility index (Phi) is 3.37. The summed E-state index contributed by atoms with van der Waals surface area (Å²) in [4.78, 5) is 12.8. The zero-order valence-electron chi connectivity index (χ0n) is 11.6. The quantitative estimate of drug-likeness (QED) is 0.866. The molecule has 0 fully saturated rings. The highest BCUT2D eigenvalue weighted by atomic mass is 16.5. The number of aryl methyl sites for hydroxylation is 1. The van der Waals surface area contributed by atoms with E-state index < -0.39 is 0 Å². The van der Waals surface area contributed by atoms with E-state index in [4.69, 9.17) is 10.3 Å². The Labute approximate surface area is 111 Å². The van der Waals surface area contributed by atoms with Gasteiger partial charge < -0.3 is 15.6 Å². The molecule has 0 aliphatic carbocycles. The fraction of sp³-hybridized carbons (Fsp3) is 0.500. The molecule has 0 saturated heterocycles. The lowest BCUT2D eigenvalue weighted by molar-refractivity contribution is 0.379. The van der Waals surface area contributed by atoms with Crippen LogP contribution in [-0.4, -0.2) is 20.1 Å². The Balaban J connectivity index is 2.14. The Morgan fingerprint density at radius 2 is 2.00 bits per heavy atom. The summed E-state index contributed by atoms with van der Waals surface area (Å²) in [6.07, 6.45) is 0. The number of nitrogens with zero attached hydrogens (tertiary/aromatic N) is 4. The van der Waals surface area contributed by atoms with Crippen molar-refractivity contribution in [2.75, 3.05) is 11.1 Å². The highest BCUT2D eigenvalue weighted by Crippen LogP contribution is 2.21. The standard InChI is InChI=1S/C12H18N6O/c1-7-15-10(19-18-7)6-14-9-5-8(13)16-11(17-9)12(2,3)4/h5H,6H2,1-4H3,(H3,13,14,16,17). The van der Waals surface area contributed by atoms with Gasteiger partial charge >= 0.3 is 0 Å². The molecule has 2 heterocycles. The van der Waals surface area contributed by atoms with Gasteiger partial charge in [0.1, 0.15) is 17.5 Å². The summed E-state index contributed by atoms with van der Waals surface area (Å²) in [5, 5.41) is 6.82. The van der Waals surface area contributed by atoms with Crippen molar-refractivity contribution < 1.29 is 4.52 Å². The molecule has 7 nitrogen and oxygen atoms in total. The van der Waals surface area contributed by atoms with Crippen LogP contribution in [0.5, 0.6) is 0 Å². The summed E-state index contributed by atoms with van der Waals surface area (Å²) in [6.45, 7) is 8.28. The third kappa shape index (κ3) is 3.40. The molecule has 19 heavy (non-hydrogen) atoms. The van der Waals surface area contributed by atoms with Crippen LogP contribution in [0.2, 0.25) is 0 Å². The van der Waals surface area contributed by atoms with Gasteiger partial charge in [0.25, 0.3) is 0 Å². The molecule has 0 aromatic carbocycles. The Morgan fingerprint density at radius 1 is 1.26 bits per heavy atom. The minimum absolute atomic E-state index is 0.160. The maximum Gasteiger partial charge on any atom is 0.245 e. The zero-order valence-corrected chi connectivity index (χ0v) is 11.6. The monoisotopic (exact) mass is 262 g/mol. The molecule has 2 rings (SSSR count). The van der Waals surface area contributed by atoms with E-state index in [0.29, 0.717) is 35.7 Å². The van der Waals surface area contributed by atoms with Crippen LogP contribution in [0.25, 0.3) is 0 Å². The molecule has 0 amide bonds. The van der Waals surface area contributed by atoms with E-state index in [9.17, 15) is 0 Å². The molecule has 102 valence electrons. The second-order valence-corrected chi connectivity index (χ2v) is 5.34. The van der Waals surface area contributed by atoms with Gasteiger partial charge in [-0.15, -0.1) is 0 Å². The topological polar surface area (TPSA) is 103 Å². The fourth-order valence-corrected chi connectivity index (χ4v) is 1.47. The number of nitrogens with one attached hydrogen (secondary N) is 1. The van der Waals surface area contributed by atoms with Crippen molar-refractivity contribution in [3.05, 3.63) is 23.6 Å². The molecule has 0 saturated carbocycles. The Hall–Kier alpha value is -2.18. The van der Waals surface area contributed by atoms with Gasteiger partial charge in [-0.3, -0.25) is 0 Å². The van der Waals surface area contributed by atoms with E-state index in [1.165, 1.54) is 0 Å². The normalized spacial score (nSPS) is 11.6. The molecular formula is C12H18N6O. The minimum atomic E-state index is -0.160.